The zero-order valence-corrected chi connectivity index (χ0v) is 15.2. The predicted octanol–water partition coefficient (Wildman–Crippen LogP) is 4.10. The van der Waals surface area contributed by atoms with E-state index in [0.29, 0.717) is 5.89 Å². The third-order valence-corrected chi connectivity index (χ3v) is 4.87. The van der Waals surface area contributed by atoms with Gasteiger partial charge in [0.15, 0.2) is 0 Å². The van der Waals surface area contributed by atoms with Crippen molar-refractivity contribution in [2.75, 3.05) is 11.1 Å². The Morgan fingerprint density at radius 2 is 1.96 bits per heavy atom. The van der Waals surface area contributed by atoms with Crippen LogP contribution in [0.15, 0.2) is 64.2 Å². The van der Waals surface area contributed by atoms with Gasteiger partial charge in [0.25, 0.3) is 11.1 Å². The van der Waals surface area contributed by atoms with Crippen LogP contribution in [0.1, 0.15) is 0 Å². The highest BCUT2D eigenvalue weighted by molar-refractivity contribution is 7.99. The van der Waals surface area contributed by atoms with Gasteiger partial charge in [0.1, 0.15) is 11.5 Å². The quantitative estimate of drug-likeness (QED) is 0.526. The summed E-state index contributed by atoms with van der Waals surface area (Å²) in [5, 5.41) is 11.9. The number of aromatic nitrogens is 3. The second-order valence-corrected chi connectivity index (χ2v) is 6.76. The first-order chi connectivity index (χ1) is 13.1. The summed E-state index contributed by atoms with van der Waals surface area (Å²) >= 11 is 1.10. The number of thioether (sulfide) groups is 1. The van der Waals surface area contributed by atoms with Crippen molar-refractivity contribution in [2.45, 2.75) is 5.22 Å². The van der Waals surface area contributed by atoms with Crippen molar-refractivity contribution in [1.29, 1.82) is 0 Å². The third-order valence-electron chi connectivity index (χ3n) is 4.05. The number of amides is 1. The molecular formula is C19H15FN4O2S. The Bertz CT molecular complexity index is 1120. The zero-order valence-electron chi connectivity index (χ0n) is 14.3. The van der Waals surface area contributed by atoms with Crippen LogP contribution in [-0.2, 0) is 11.8 Å². The fourth-order valence-electron chi connectivity index (χ4n) is 2.74. The summed E-state index contributed by atoms with van der Waals surface area (Å²) in [5.41, 5.74) is 2.00. The number of hydrogen-bond acceptors (Lipinski definition) is 5. The topological polar surface area (TPSA) is 73.0 Å². The van der Waals surface area contributed by atoms with E-state index < -0.39 is 5.82 Å². The Labute approximate surface area is 158 Å². The van der Waals surface area contributed by atoms with Crippen LogP contribution in [0.25, 0.3) is 22.5 Å². The molecular weight excluding hydrogens is 367 g/mol. The Morgan fingerprint density at radius 1 is 1.19 bits per heavy atom. The van der Waals surface area contributed by atoms with Gasteiger partial charge in [-0.1, -0.05) is 42.1 Å². The average molecular weight is 382 g/mol. The zero-order chi connectivity index (χ0) is 18.8. The van der Waals surface area contributed by atoms with Crippen LogP contribution in [0.5, 0.6) is 0 Å². The van der Waals surface area contributed by atoms with Crippen molar-refractivity contribution >= 4 is 34.3 Å². The van der Waals surface area contributed by atoms with Gasteiger partial charge in [-0.25, -0.2) is 4.39 Å². The monoisotopic (exact) mass is 382 g/mol. The number of carbonyl (C=O) groups is 1. The number of benzene rings is 2. The van der Waals surface area contributed by atoms with Gasteiger partial charge in [0.2, 0.25) is 5.91 Å². The molecule has 0 fully saturated rings. The van der Waals surface area contributed by atoms with Crippen molar-refractivity contribution in [3.63, 3.8) is 0 Å². The molecule has 0 atom stereocenters. The molecule has 0 aliphatic rings. The van der Waals surface area contributed by atoms with E-state index in [1.807, 2.05) is 41.9 Å². The van der Waals surface area contributed by atoms with Crippen LogP contribution in [0, 0.1) is 5.82 Å². The van der Waals surface area contributed by atoms with E-state index >= 15 is 0 Å². The number of halogens is 1. The van der Waals surface area contributed by atoms with E-state index in [1.165, 1.54) is 12.1 Å². The van der Waals surface area contributed by atoms with Gasteiger partial charge >= 0.3 is 0 Å². The summed E-state index contributed by atoms with van der Waals surface area (Å²) in [6.07, 6.45) is 0. The lowest BCUT2D eigenvalue weighted by Gasteiger charge is -2.04. The van der Waals surface area contributed by atoms with Crippen LogP contribution in [0.4, 0.5) is 10.1 Å². The van der Waals surface area contributed by atoms with E-state index in [1.54, 1.807) is 12.1 Å². The number of nitrogens with one attached hydrogen (secondary N) is 1. The third kappa shape index (κ3) is 3.56. The summed E-state index contributed by atoms with van der Waals surface area (Å²) in [5.74, 6) is -0.419. The normalized spacial score (nSPS) is 11.0. The highest BCUT2D eigenvalue weighted by Gasteiger charge is 2.16. The SMILES string of the molecule is Cn1c(-c2nnc(SCC(=O)Nc3ccccc3F)o2)cc2ccccc21. The van der Waals surface area contributed by atoms with Crippen LogP contribution in [0.3, 0.4) is 0 Å². The van der Waals surface area contributed by atoms with E-state index in [9.17, 15) is 9.18 Å². The molecule has 2 aromatic heterocycles. The summed E-state index contributed by atoms with van der Waals surface area (Å²) in [6.45, 7) is 0. The molecule has 1 N–H and O–H groups in total. The molecule has 0 unspecified atom stereocenters. The fourth-order valence-corrected chi connectivity index (χ4v) is 3.31. The van der Waals surface area contributed by atoms with Gasteiger partial charge in [-0.15, -0.1) is 10.2 Å². The highest BCUT2D eigenvalue weighted by atomic mass is 32.2. The number of fused-ring (bicyclic) bond motifs is 1. The number of para-hydroxylation sites is 2. The van der Waals surface area contributed by atoms with Crippen molar-refractivity contribution < 1.29 is 13.6 Å². The second kappa shape index (κ2) is 7.24. The number of rotatable bonds is 5. The molecule has 0 radical (unpaired) electrons. The first-order valence-corrected chi connectivity index (χ1v) is 9.16. The minimum atomic E-state index is -0.480. The van der Waals surface area contributed by atoms with E-state index in [0.717, 1.165) is 28.4 Å². The van der Waals surface area contributed by atoms with Crippen LogP contribution in [0.2, 0.25) is 0 Å². The first kappa shape index (κ1) is 17.3. The maximum Gasteiger partial charge on any atom is 0.277 e. The van der Waals surface area contributed by atoms with E-state index in [-0.39, 0.29) is 22.6 Å². The Balaban J connectivity index is 1.44. The van der Waals surface area contributed by atoms with E-state index in [2.05, 4.69) is 15.5 Å². The second-order valence-electron chi connectivity index (χ2n) is 5.84. The molecule has 6 nitrogen and oxygen atoms in total. The average Bonchev–Trinajstić information content (AvgIpc) is 3.27. The number of carbonyl (C=O) groups excluding carboxylic acids is 1. The van der Waals surface area contributed by atoms with Crippen molar-refractivity contribution in [3.8, 4) is 11.6 Å². The maximum atomic E-state index is 13.6. The van der Waals surface area contributed by atoms with Crippen LogP contribution >= 0.6 is 11.8 Å². The summed E-state index contributed by atoms with van der Waals surface area (Å²) in [4.78, 5) is 12.0. The van der Waals surface area contributed by atoms with Crippen LogP contribution < -0.4 is 5.32 Å². The molecule has 4 aromatic rings. The first-order valence-electron chi connectivity index (χ1n) is 8.17. The number of aryl methyl sites for hydroxylation is 1. The Morgan fingerprint density at radius 3 is 2.78 bits per heavy atom. The smallest absolute Gasteiger partial charge is 0.277 e. The number of hydrogen-bond donors (Lipinski definition) is 1. The van der Waals surface area contributed by atoms with Crippen molar-refractivity contribution in [2.24, 2.45) is 7.05 Å². The Hall–Kier alpha value is -3.13. The lowest BCUT2D eigenvalue weighted by molar-refractivity contribution is -0.113. The number of nitrogens with zero attached hydrogens (tertiary/aromatic N) is 3. The van der Waals surface area contributed by atoms with Gasteiger partial charge in [-0.3, -0.25) is 4.79 Å². The molecule has 2 aromatic carbocycles. The molecule has 0 bridgehead atoms. The minimum Gasteiger partial charge on any atom is -0.410 e. The minimum absolute atomic E-state index is 0.0328. The largest absolute Gasteiger partial charge is 0.410 e. The van der Waals surface area contributed by atoms with Gasteiger partial charge in [-0.05, 0) is 24.3 Å². The van der Waals surface area contributed by atoms with Crippen molar-refractivity contribution in [1.82, 2.24) is 14.8 Å². The molecule has 4 rings (SSSR count). The molecule has 0 spiro atoms. The number of anilines is 1. The lowest BCUT2D eigenvalue weighted by atomic mass is 10.2. The van der Waals surface area contributed by atoms with Gasteiger partial charge in [-0.2, -0.15) is 0 Å². The van der Waals surface area contributed by atoms with Gasteiger partial charge in [0, 0.05) is 18.0 Å². The summed E-state index contributed by atoms with van der Waals surface area (Å²) < 4.78 is 21.2. The molecule has 8 heteroatoms. The molecule has 1 amide bonds. The molecule has 0 aliphatic heterocycles. The van der Waals surface area contributed by atoms with Gasteiger partial charge in [0.05, 0.1) is 11.4 Å². The summed E-state index contributed by atoms with van der Waals surface area (Å²) in [7, 11) is 1.93. The van der Waals surface area contributed by atoms with Gasteiger partial charge < -0.3 is 14.3 Å². The maximum absolute atomic E-state index is 13.6. The van der Waals surface area contributed by atoms with Crippen molar-refractivity contribution in [3.05, 3.63) is 60.4 Å². The highest BCUT2D eigenvalue weighted by Crippen LogP contribution is 2.28. The fraction of sp³-hybridized carbons (Fsp3) is 0.105. The van der Waals surface area contributed by atoms with Crippen LogP contribution in [-0.4, -0.2) is 26.4 Å². The summed E-state index contributed by atoms with van der Waals surface area (Å²) in [6, 6.07) is 15.9. The molecule has 136 valence electrons. The molecule has 2 heterocycles. The molecule has 27 heavy (non-hydrogen) atoms. The molecule has 0 aliphatic carbocycles. The molecule has 0 saturated carbocycles. The predicted molar refractivity (Wildman–Crippen MR) is 102 cm³/mol. The lowest BCUT2D eigenvalue weighted by Crippen LogP contribution is -2.14. The molecule has 0 saturated heterocycles. The van der Waals surface area contributed by atoms with E-state index in [4.69, 9.17) is 4.42 Å². The Kier molecular flexibility index (Phi) is 4.64. The standard InChI is InChI=1S/C19H15FN4O2S/c1-24-15-9-5-2-6-12(15)10-16(24)18-22-23-19(26-18)27-11-17(25)21-14-8-4-3-7-13(14)20/h2-10H,11H2,1H3,(H,21,25).